The van der Waals surface area contributed by atoms with Crippen LogP contribution >= 0.6 is 0 Å². The number of carbonyl (C=O) groups is 1. The van der Waals surface area contributed by atoms with Gasteiger partial charge >= 0.3 is 6.18 Å². The van der Waals surface area contributed by atoms with Gasteiger partial charge in [-0.25, -0.2) is 4.99 Å². The molecule has 26 heavy (non-hydrogen) atoms. The van der Waals surface area contributed by atoms with Crippen LogP contribution in [0.5, 0.6) is 0 Å². The molecule has 0 saturated carbocycles. The Morgan fingerprint density at radius 1 is 1.27 bits per heavy atom. The third kappa shape index (κ3) is 6.30. The highest BCUT2D eigenvalue weighted by atomic mass is 19.4. The predicted molar refractivity (Wildman–Crippen MR) is 90.1 cm³/mol. The molecule has 1 saturated heterocycles. The molecule has 1 heterocycles. The number of nitrogens with zero attached hydrogens (tertiary/aromatic N) is 2. The number of amides is 1. The fraction of sp³-hybridized carbons (Fsp3) is 0.529. The molecule has 0 aromatic heterocycles. The van der Waals surface area contributed by atoms with Gasteiger partial charge in [0.05, 0.1) is 31.9 Å². The van der Waals surface area contributed by atoms with Crippen LogP contribution in [0.2, 0.25) is 0 Å². The van der Waals surface area contributed by atoms with Crippen molar-refractivity contribution in [2.45, 2.75) is 13.1 Å². The summed E-state index contributed by atoms with van der Waals surface area (Å²) in [6.07, 6.45) is -4.44. The number of hydrogen-bond donors (Lipinski definition) is 1. The Balaban J connectivity index is 1.92. The highest BCUT2D eigenvalue weighted by molar-refractivity contribution is 6.04. The van der Waals surface area contributed by atoms with Gasteiger partial charge in [-0.15, -0.1) is 0 Å². The Labute approximate surface area is 150 Å². The fourth-order valence-electron chi connectivity index (χ4n) is 2.36. The summed E-state index contributed by atoms with van der Waals surface area (Å²) in [5, 5.41) is 2.49. The van der Waals surface area contributed by atoms with E-state index in [0.29, 0.717) is 32.9 Å². The number of hydrogen-bond acceptors (Lipinski definition) is 5. The number of nitrogens with one attached hydrogen (secondary N) is 1. The van der Waals surface area contributed by atoms with Crippen LogP contribution < -0.4 is 5.32 Å². The first kappa shape index (κ1) is 20.2. The molecule has 1 amide bonds. The third-order valence-electron chi connectivity index (χ3n) is 3.75. The number of carbonyl (C=O) groups excluding carboxylic acids is 1. The maximum Gasteiger partial charge on any atom is 0.416 e. The molecule has 6 nitrogen and oxygen atoms in total. The van der Waals surface area contributed by atoms with Crippen molar-refractivity contribution < 1.29 is 27.4 Å². The molecule has 0 bridgehead atoms. The van der Waals surface area contributed by atoms with Gasteiger partial charge in [-0.05, 0) is 31.2 Å². The Morgan fingerprint density at radius 3 is 2.50 bits per heavy atom. The van der Waals surface area contributed by atoms with Gasteiger partial charge in [-0.3, -0.25) is 15.0 Å². The van der Waals surface area contributed by atoms with Crippen molar-refractivity contribution in [1.29, 1.82) is 0 Å². The van der Waals surface area contributed by atoms with Crippen LogP contribution in [-0.2, 0) is 15.7 Å². The molecule has 0 atom stereocenters. The van der Waals surface area contributed by atoms with E-state index in [1.807, 2.05) is 0 Å². The minimum absolute atomic E-state index is 0.0608. The van der Waals surface area contributed by atoms with E-state index in [-0.39, 0.29) is 11.6 Å². The van der Waals surface area contributed by atoms with E-state index in [2.05, 4.69) is 15.2 Å². The summed E-state index contributed by atoms with van der Waals surface area (Å²) in [5.41, 5.74) is -0.711. The molecular weight excluding hydrogens is 351 g/mol. The van der Waals surface area contributed by atoms with Gasteiger partial charge in [0.1, 0.15) is 0 Å². The van der Waals surface area contributed by atoms with Gasteiger partial charge in [0.15, 0.2) is 0 Å². The monoisotopic (exact) mass is 373 g/mol. The molecule has 0 unspecified atom stereocenters. The molecule has 0 aliphatic carbocycles. The second-order valence-corrected chi connectivity index (χ2v) is 5.60. The van der Waals surface area contributed by atoms with Gasteiger partial charge in [0, 0.05) is 25.2 Å². The summed E-state index contributed by atoms with van der Waals surface area (Å²) in [4.78, 5) is 18.6. The molecule has 1 aliphatic rings. The Kier molecular flexibility index (Phi) is 7.40. The SMILES string of the molecule is CCOC(=NCCN1CCOCC1)NC(=O)c1ccc(C(F)(F)F)cc1. The summed E-state index contributed by atoms with van der Waals surface area (Å²) in [6, 6.07) is 4.03. The van der Waals surface area contributed by atoms with Crippen molar-refractivity contribution in [3.8, 4) is 0 Å². The zero-order valence-corrected chi connectivity index (χ0v) is 14.5. The highest BCUT2D eigenvalue weighted by Crippen LogP contribution is 2.29. The molecule has 1 N–H and O–H groups in total. The first-order valence-corrected chi connectivity index (χ1v) is 8.36. The summed E-state index contributed by atoms with van der Waals surface area (Å²) in [5.74, 6) is -0.572. The van der Waals surface area contributed by atoms with Gasteiger partial charge < -0.3 is 9.47 Å². The Morgan fingerprint density at radius 2 is 1.92 bits per heavy atom. The zero-order valence-electron chi connectivity index (χ0n) is 14.5. The molecule has 2 rings (SSSR count). The van der Waals surface area contributed by atoms with E-state index in [4.69, 9.17) is 9.47 Å². The van der Waals surface area contributed by atoms with Crippen LogP contribution in [0, 0.1) is 0 Å². The second kappa shape index (κ2) is 9.54. The first-order chi connectivity index (χ1) is 12.4. The van der Waals surface area contributed by atoms with Crippen molar-refractivity contribution in [3.63, 3.8) is 0 Å². The molecule has 1 aliphatic heterocycles. The number of ether oxygens (including phenoxy) is 2. The van der Waals surface area contributed by atoms with Crippen LogP contribution in [-0.4, -0.2) is 62.8 Å². The number of halogens is 3. The maximum atomic E-state index is 12.6. The number of aliphatic imine (C=N–C) groups is 1. The van der Waals surface area contributed by atoms with E-state index in [1.54, 1.807) is 6.92 Å². The van der Waals surface area contributed by atoms with Crippen molar-refractivity contribution in [2.24, 2.45) is 4.99 Å². The topological polar surface area (TPSA) is 63.2 Å². The van der Waals surface area contributed by atoms with Gasteiger partial charge in [-0.2, -0.15) is 13.2 Å². The van der Waals surface area contributed by atoms with Crippen LogP contribution in [0.15, 0.2) is 29.3 Å². The lowest BCUT2D eigenvalue weighted by atomic mass is 10.1. The lowest BCUT2D eigenvalue weighted by Gasteiger charge is -2.25. The third-order valence-corrected chi connectivity index (χ3v) is 3.75. The summed E-state index contributed by atoms with van der Waals surface area (Å²) in [7, 11) is 0. The summed E-state index contributed by atoms with van der Waals surface area (Å²) < 4.78 is 48.3. The standard InChI is InChI=1S/C17H22F3N3O3/c1-2-26-16(21-7-8-23-9-11-25-12-10-23)22-15(24)13-3-5-14(6-4-13)17(18,19)20/h3-6H,2,7-12H2,1H3,(H,21,22,24). The fourth-order valence-corrected chi connectivity index (χ4v) is 2.36. The summed E-state index contributed by atoms with van der Waals surface area (Å²) in [6.45, 7) is 6.23. The molecule has 0 radical (unpaired) electrons. The molecule has 1 fully saturated rings. The number of alkyl halides is 3. The normalized spacial score (nSPS) is 16.4. The van der Waals surface area contributed by atoms with Crippen molar-refractivity contribution in [3.05, 3.63) is 35.4 Å². The highest BCUT2D eigenvalue weighted by Gasteiger charge is 2.30. The predicted octanol–water partition coefficient (Wildman–Crippen LogP) is 2.16. The first-order valence-electron chi connectivity index (χ1n) is 8.36. The van der Waals surface area contributed by atoms with Gasteiger partial charge in [0.25, 0.3) is 11.9 Å². The minimum Gasteiger partial charge on any atom is -0.465 e. The van der Waals surface area contributed by atoms with Crippen LogP contribution in [0.1, 0.15) is 22.8 Å². The summed E-state index contributed by atoms with van der Waals surface area (Å²) >= 11 is 0. The maximum absolute atomic E-state index is 12.6. The van der Waals surface area contributed by atoms with Crippen molar-refractivity contribution in [1.82, 2.24) is 10.2 Å². The Hall–Kier alpha value is -2.13. The lowest BCUT2D eigenvalue weighted by Crippen LogP contribution is -2.38. The largest absolute Gasteiger partial charge is 0.465 e. The average molecular weight is 373 g/mol. The molecule has 1 aromatic carbocycles. The van der Waals surface area contributed by atoms with E-state index >= 15 is 0 Å². The second-order valence-electron chi connectivity index (χ2n) is 5.60. The molecule has 1 aromatic rings. The van der Waals surface area contributed by atoms with E-state index in [0.717, 1.165) is 37.4 Å². The molecule has 0 spiro atoms. The molecule has 144 valence electrons. The zero-order chi connectivity index (χ0) is 19.0. The van der Waals surface area contributed by atoms with E-state index < -0.39 is 17.6 Å². The molecular formula is C17H22F3N3O3. The average Bonchev–Trinajstić information content (AvgIpc) is 2.62. The van der Waals surface area contributed by atoms with Gasteiger partial charge in [0.2, 0.25) is 0 Å². The van der Waals surface area contributed by atoms with E-state index in [1.165, 1.54) is 0 Å². The smallest absolute Gasteiger partial charge is 0.416 e. The number of morpholine rings is 1. The number of amidine groups is 1. The van der Waals surface area contributed by atoms with E-state index in [9.17, 15) is 18.0 Å². The molecule has 9 heteroatoms. The van der Waals surface area contributed by atoms with Gasteiger partial charge in [-0.1, -0.05) is 0 Å². The number of rotatable bonds is 5. The van der Waals surface area contributed by atoms with Crippen LogP contribution in [0.4, 0.5) is 13.2 Å². The number of benzene rings is 1. The van der Waals surface area contributed by atoms with Crippen LogP contribution in [0.25, 0.3) is 0 Å². The lowest BCUT2D eigenvalue weighted by molar-refractivity contribution is -0.137. The van der Waals surface area contributed by atoms with Crippen molar-refractivity contribution in [2.75, 3.05) is 46.0 Å². The van der Waals surface area contributed by atoms with Crippen molar-refractivity contribution >= 4 is 11.9 Å². The quantitative estimate of drug-likeness (QED) is 0.635. The Bertz CT molecular complexity index is 612. The minimum atomic E-state index is -4.44. The van der Waals surface area contributed by atoms with Crippen LogP contribution in [0.3, 0.4) is 0 Å².